The Bertz CT molecular complexity index is 368. The average Bonchev–Trinajstić information content (AvgIpc) is 2.69. The summed E-state index contributed by atoms with van der Waals surface area (Å²) in [4.78, 5) is 0. The fourth-order valence-electron chi connectivity index (χ4n) is 2.48. The lowest BCUT2D eigenvalue weighted by atomic mass is 9.91. The number of nitrogens with one attached hydrogen (secondary N) is 1. The number of aryl methyl sites for hydroxylation is 1. The number of nitrogens with zero attached hydrogens (tertiary/aromatic N) is 2. The zero-order valence-corrected chi connectivity index (χ0v) is 11.5. The summed E-state index contributed by atoms with van der Waals surface area (Å²) in [7, 11) is 2.05. The highest BCUT2D eigenvalue weighted by atomic mass is 15.3. The van der Waals surface area contributed by atoms with E-state index in [-0.39, 0.29) is 0 Å². The maximum atomic E-state index is 4.39. The van der Waals surface area contributed by atoms with Gasteiger partial charge in [0.25, 0.3) is 0 Å². The Hall–Kier alpha value is -0.830. The number of hydrogen-bond donors (Lipinski definition) is 1. The Balaban J connectivity index is 1.99. The van der Waals surface area contributed by atoms with Crippen LogP contribution < -0.4 is 5.32 Å². The maximum Gasteiger partial charge on any atom is 0.0540 e. The third kappa shape index (κ3) is 2.71. The molecule has 0 saturated carbocycles. The smallest absolute Gasteiger partial charge is 0.0540 e. The fourth-order valence-corrected chi connectivity index (χ4v) is 2.48. The van der Waals surface area contributed by atoms with Crippen molar-refractivity contribution in [3.63, 3.8) is 0 Å². The van der Waals surface area contributed by atoms with Crippen molar-refractivity contribution < 1.29 is 0 Å². The lowest BCUT2D eigenvalue weighted by Crippen LogP contribution is -2.30. The van der Waals surface area contributed by atoms with E-state index in [1.165, 1.54) is 30.5 Å². The molecule has 0 aromatic carbocycles. The zero-order chi connectivity index (χ0) is 12.4. The van der Waals surface area contributed by atoms with Crippen molar-refractivity contribution in [3.8, 4) is 0 Å². The van der Waals surface area contributed by atoms with Crippen LogP contribution in [0.4, 0.5) is 0 Å². The molecule has 1 aromatic heterocycles. The molecule has 1 heterocycles. The second kappa shape index (κ2) is 5.21. The first kappa shape index (κ1) is 12.6. The summed E-state index contributed by atoms with van der Waals surface area (Å²) in [6.45, 7) is 8.02. The minimum atomic E-state index is 0.522. The first-order valence-corrected chi connectivity index (χ1v) is 6.83. The predicted molar refractivity (Wildman–Crippen MR) is 70.9 cm³/mol. The second-order valence-electron chi connectivity index (χ2n) is 5.74. The molecule has 3 heteroatoms. The molecule has 2 unspecified atom stereocenters. The van der Waals surface area contributed by atoms with E-state index in [1.807, 2.05) is 10.9 Å². The molecule has 1 N–H and O–H groups in total. The van der Waals surface area contributed by atoms with Gasteiger partial charge in [-0.25, -0.2) is 0 Å². The molecule has 0 saturated heterocycles. The number of hydrogen-bond acceptors (Lipinski definition) is 2. The highest BCUT2D eigenvalue weighted by Gasteiger charge is 2.23. The molecule has 1 aliphatic rings. The maximum absolute atomic E-state index is 4.39. The van der Waals surface area contributed by atoms with E-state index in [0.717, 1.165) is 18.4 Å². The normalized spacial score (nSPS) is 21.6. The van der Waals surface area contributed by atoms with E-state index in [4.69, 9.17) is 0 Å². The summed E-state index contributed by atoms with van der Waals surface area (Å²) < 4.78 is 2.04. The summed E-state index contributed by atoms with van der Waals surface area (Å²) in [6, 6.07) is 0.522. The zero-order valence-electron chi connectivity index (χ0n) is 11.5. The summed E-state index contributed by atoms with van der Waals surface area (Å²) in [5.74, 6) is 1.48. The molecule has 3 nitrogen and oxygen atoms in total. The van der Waals surface area contributed by atoms with Crippen molar-refractivity contribution in [2.45, 2.75) is 46.1 Å². The Morgan fingerprint density at radius 1 is 1.47 bits per heavy atom. The molecule has 0 aliphatic heterocycles. The molecule has 2 atom stereocenters. The second-order valence-corrected chi connectivity index (χ2v) is 5.74. The minimum Gasteiger partial charge on any atom is -0.310 e. The van der Waals surface area contributed by atoms with E-state index in [0.29, 0.717) is 6.04 Å². The number of fused-ring (bicyclic) bond motifs is 1. The largest absolute Gasteiger partial charge is 0.310 e. The molecule has 0 radical (unpaired) electrons. The summed E-state index contributed by atoms with van der Waals surface area (Å²) in [5, 5.41) is 8.11. The van der Waals surface area contributed by atoms with E-state index < -0.39 is 0 Å². The van der Waals surface area contributed by atoms with Crippen molar-refractivity contribution >= 4 is 0 Å². The van der Waals surface area contributed by atoms with Crippen LogP contribution in [-0.2, 0) is 13.5 Å². The minimum absolute atomic E-state index is 0.522. The standard InChI is InChI=1S/C14H25N3/c1-10(2)11(3)8-15-13-6-5-7-14-12(13)9-16-17(14)4/h9-11,13,15H,5-8H2,1-4H3. The van der Waals surface area contributed by atoms with Crippen molar-refractivity contribution in [2.75, 3.05) is 6.54 Å². The van der Waals surface area contributed by atoms with Gasteiger partial charge < -0.3 is 5.32 Å². The SMILES string of the molecule is CC(C)C(C)CNC1CCCc2c1cnn2C. The predicted octanol–water partition coefficient (Wildman–Crippen LogP) is 2.68. The van der Waals surface area contributed by atoms with Crippen LogP contribution in [0.3, 0.4) is 0 Å². The summed E-state index contributed by atoms with van der Waals surface area (Å²) >= 11 is 0. The van der Waals surface area contributed by atoms with Crippen molar-refractivity contribution in [1.29, 1.82) is 0 Å². The van der Waals surface area contributed by atoms with Gasteiger partial charge in [0, 0.05) is 24.3 Å². The summed E-state index contributed by atoms with van der Waals surface area (Å²) in [5.41, 5.74) is 2.85. The highest BCUT2D eigenvalue weighted by Crippen LogP contribution is 2.29. The van der Waals surface area contributed by atoms with Crippen molar-refractivity contribution in [1.82, 2.24) is 15.1 Å². The van der Waals surface area contributed by atoms with Gasteiger partial charge in [0.05, 0.1) is 6.20 Å². The van der Waals surface area contributed by atoms with Crippen molar-refractivity contribution in [3.05, 3.63) is 17.5 Å². The van der Waals surface area contributed by atoms with Gasteiger partial charge in [0.1, 0.15) is 0 Å². The van der Waals surface area contributed by atoms with Gasteiger partial charge in [0.2, 0.25) is 0 Å². The van der Waals surface area contributed by atoms with Crippen LogP contribution in [-0.4, -0.2) is 16.3 Å². The number of rotatable bonds is 4. The van der Waals surface area contributed by atoms with E-state index in [2.05, 4.69) is 38.2 Å². The van der Waals surface area contributed by atoms with Crippen LogP contribution >= 0.6 is 0 Å². The molecule has 0 fully saturated rings. The van der Waals surface area contributed by atoms with Crippen molar-refractivity contribution in [2.24, 2.45) is 18.9 Å². The molecule has 0 bridgehead atoms. The molecular weight excluding hydrogens is 210 g/mol. The van der Waals surface area contributed by atoms with Crippen LogP contribution in [0, 0.1) is 11.8 Å². The van der Waals surface area contributed by atoms with Gasteiger partial charge >= 0.3 is 0 Å². The van der Waals surface area contributed by atoms with Crippen LogP contribution in [0.5, 0.6) is 0 Å². The molecule has 2 rings (SSSR count). The van der Waals surface area contributed by atoms with Crippen LogP contribution in [0.1, 0.15) is 50.9 Å². The van der Waals surface area contributed by atoms with Crippen LogP contribution in [0.25, 0.3) is 0 Å². The van der Waals surface area contributed by atoms with E-state index in [9.17, 15) is 0 Å². The van der Waals surface area contributed by atoms with Gasteiger partial charge in [0.15, 0.2) is 0 Å². The number of aromatic nitrogens is 2. The molecule has 17 heavy (non-hydrogen) atoms. The van der Waals surface area contributed by atoms with Gasteiger partial charge in [-0.05, 0) is 37.6 Å². The van der Waals surface area contributed by atoms with Gasteiger partial charge in [-0.15, -0.1) is 0 Å². The highest BCUT2D eigenvalue weighted by molar-refractivity contribution is 5.24. The summed E-state index contributed by atoms with van der Waals surface area (Å²) in [6.07, 6.45) is 5.76. The Kier molecular flexibility index (Phi) is 3.87. The van der Waals surface area contributed by atoms with E-state index >= 15 is 0 Å². The average molecular weight is 235 g/mol. The van der Waals surface area contributed by atoms with Gasteiger partial charge in [-0.1, -0.05) is 20.8 Å². The van der Waals surface area contributed by atoms with E-state index in [1.54, 1.807) is 0 Å². The first-order valence-electron chi connectivity index (χ1n) is 6.83. The lowest BCUT2D eigenvalue weighted by molar-refractivity contribution is 0.352. The molecule has 0 spiro atoms. The molecule has 96 valence electrons. The topological polar surface area (TPSA) is 29.9 Å². The Labute approximate surface area is 105 Å². The van der Waals surface area contributed by atoms with Crippen LogP contribution in [0.15, 0.2) is 6.20 Å². The van der Waals surface area contributed by atoms with Gasteiger partial charge in [-0.3, -0.25) is 4.68 Å². The fraction of sp³-hybridized carbons (Fsp3) is 0.786. The third-order valence-electron chi connectivity index (χ3n) is 4.20. The monoisotopic (exact) mass is 235 g/mol. The third-order valence-corrected chi connectivity index (χ3v) is 4.20. The Morgan fingerprint density at radius 2 is 2.24 bits per heavy atom. The quantitative estimate of drug-likeness (QED) is 0.869. The molecule has 0 amide bonds. The molecular formula is C14H25N3. The lowest BCUT2D eigenvalue weighted by Gasteiger charge is -2.26. The first-order chi connectivity index (χ1) is 8.09. The molecule has 1 aromatic rings. The van der Waals surface area contributed by atoms with Crippen LogP contribution in [0.2, 0.25) is 0 Å². The van der Waals surface area contributed by atoms with Gasteiger partial charge in [-0.2, -0.15) is 5.10 Å². The Morgan fingerprint density at radius 3 is 2.94 bits per heavy atom. The molecule has 1 aliphatic carbocycles.